The Kier molecular flexibility index (Phi) is 2.74. The highest BCUT2D eigenvalue weighted by Crippen LogP contribution is 2.33. The zero-order valence-corrected chi connectivity index (χ0v) is 11.4. The minimum absolute atomic E-state index is 0.230. The standard InChI is InChI=1S/C17H14N2O2/c20-15-7-5-11(6-8-15)16-18-17(21-19-16)14-9-12-3-1-2-4-13(12)10-14/h1-8,14,20H,9-10H2. The van der Waals surface area contributed by atoms with Crippen molar-refractivity contribution in [2.24, 2.45) is 0 Å². The van der Waals surface area contributed by atoms with Crippen LogP contribution in [0.15, 0.2) is 53.1 Å². The number of phenolic OH excluding ortho intramolecular Hbond substituents is 1. The summed E-state index contributed by atoms with van der Waals surface area (Å²) >= 11 is 0. The SMILES string of the molecule is Oc1ccc(-c2noc(C3Cc4ccccc4C3)n2)cc1. The van der Waals surface area contributed by atoms with Crippen LogP contribution in [0.25, 0.3) is 11.4 Å². The summed E-state index contributed by atoms with van der Waals surface area (Å²) in [6, 6.07) is 15.3. The smallest absolute Gasteiger partial charge is 0.230 e. The number of rotatable bonds is 2. The number of phenols is 1. The van der Waals surface area contributed by atoms with Crippen LogP contribution >= 0.6 is 0 Å². The average molecular weight is 278 g/mol. The summed E-state index contributed by atoms with van der Waals surface area (Å²) in [5.41, 5.74) is 3.58. The Balaban J connectivity index is 1.60. The van der Waals surface area contributed by atoms with E-state index in [2.05, 4.69) is 34.4 Å². The molecule has 0 saturated carbocycles. The second-order valence-electron chi connectivity index (χ2n) is 5.38. The molecule has 4 nitrogen and oxygen atoms in total. The Labute approximate surface area is 122 Å². The molecule has 1 N–H and O–H groups in total. The summed E-state index contributed by atoms with van der Waals surface area (Å²) in [6.07, 6.45) is 1.90. The zero-order chi connectivity index (χ0) is 14.2. The summed E-state index contributed by atoms with van der Waals surface area (Å²) in [7, 11) is 0. The van der Waals surface area contributed by atoms with Gasteiger partial charge in [-0.25, -0.2) is 0 Å². The highest BCUT2D eigenvalue weighted by Gasteiger charge is 2.27. The van der Waals surface area contributed by atoms with Crippen molar-refractivity contribution < 1.29 is 9.63 Å². The summed E-state index contributed by atoms with van der Waals surface area (Å²) in [5.74, 6) is 1.75. The zero-order valence-electron chi connectivity index (χ0n) is 11.4. The number of fused-ring (bicyclic) bond motifs is 1. The lowest BCUT2D eigenvalue weighted by molar-refractivity contribution is 0.356. The van der Waals surface area contributed by atoms with E-state index in [1.165, 1.54) is 11.1 Å². The second kappa shape index (κ2) is 4.74. The van der Waals surface area contributed by atoms with Crippen LogP contribution in [0.2, 0.25) is 0 Å². The molecule has 1 heterocycles. The summed E-state index contributed by atoms with van der Waals surface area (Å²) < 4.78 is 5.44. The average Bonchev–Trinajstić information content (AvgIpc) is 3.14. The number of hydrogen-bond acceptors (Lipinski definition) is 4. The van der Waals surface area contributed by atoms with Crippen molar-refractivity contribution in [3.8, 4) is 17.1 Å². The van der Waals surface area contributed by atoms with E-state index in [0.29, 0.717) is 11.7 Å². The van der Waals surface area contributed by atoms with Crippen molar-refractivity contribution in [1.29, 1.82) is 0 Å². The van der Waals surface area contributed by atoms with Gasteiger partial charge in [0.05, 0.1) is 0 Å². The Bertz CT molecular complexity index is 752. The quantitative estimate of drug-likeness (QED) is 0.781. The van der Waals surface area contributed by atoms with E-state index in [0.717, 1.165) is 18.4 Å². The van der Waals surface area contributed by atoms with Crippen molar-refractivity contribution in [1.82, 2.24) is 10.1 Å². The first-order valence-electron chi connectivity index (χ1n) is 6.99. The lowest BCUT2D eigenvalue weighted by Gasteiger charge is -2.00. The van der Waals surface area contributed by atoms with E-state index < -0.39 is 0 Å². The third-order valence-corrected chi connectivity index (χ3v) is 3.97. The maximum atomic E-state index is 9.32. The molecule has 3 aromatic rings. The number of nitrogens with zero attached hydrogens (tertiary/aromatic N) is 2. The molecule has 1 aliphatic rings. The lowest BCUT2D eigenvalue weighted by atomic mass is 10.1. The van der Waals surface area contributed by atoms with Gasteiger partial charge in [-0.05, 0) is 48.2 Å². The Morgan fingerprint density at radius 2 is 1.62 bits per heavy atom. The Morgan fingerprint density at radius 3 is 2.29 bits per heavy atom. The first-order chi connectivity index (χ1) is 10.3. The van der Waals surface area contributed by atoms with E-state index >= 15 is 0 Å². The first-order valence-corrected chi connectivity index (χ1v) is 6.99. The monoisotopic (exact) mass is 278 g/mol. The van der Waals surface area contributed by atoms with Crippen LogP contribution < -0.4 is 0 Å². The molecule has 21 heavy (non-hydrogen) atoms. The molecule has 0 bridgehead atoms. The minimum Gasteiger partial charge on any atom is -0.508 e. The molecule has 2 aromatic carbocycles. The van der Waals surface area contributed by atoms with Gasteiger partial charge in [-0.1, -0.05) is 29.4 Å². The van der Waals surface area contributed by atoms with Crippen LogP contribution in [0.4, 0.5) is 0 Å². The van der Waals surface area contributed by atoms with Crippen molar-refractivity contribution >= 4 is 0 Å². The third kappa shape index (κ3) is 2.18. The second-order valence-corrected chi connectivity index (χ2v) is 5.38. The fourth-order valence-electron chi connectivity index (χ4n) is 2.86. The first kappa shape index (κ1) is 12.1. The van der Waals surface area contributed by atoms with Gasteiger partial charge in [-0.15, -0.1) is 0 Å². The van der Waals surface area contributed by atoms with Crippen molar-refractivity contribution in [3.63, 3.8) is 0 Å². The third-order valence-electron chi connectivity index (χ3n) is 3.97. The molecule has 0 saturated heterocycles. The van der Waals surface area contributed by atoms with Gasteiger partial charge in [0.15, 0.2) is 0 Å². The number of benzene rings is 2. The molecule has 1 aliphatic carbocycles. The number of aromatic nitrogens is 2. The van der Waals surface area contributed by atoms with Gasteiger partial charge in [0, 0.05) is 11.5 Å². The fraction of sp³-hybridized carbons (Fsp3) is 0.176. The van der Waals surface area contributed by atoms with Gasteiger partial charge in [-0.2, -0.15) is 4.98 Å². The Morgan fingerprint density at radius 1 is 0.952 bits per heavy atom. The van der Waals surface area contributed by atoms with E-state index in [1.54, 1.807) is 24.3 Å². The minimum atomic E-state index is 0.230. The topological polar surface area (TPSA) is 59.2 Å². The van der Waals surface area contributed by atoms with E-state index in [4.69, 9.17) is 4.52 Å². The van der Waals surface area contributed by atoms with Crippen LogP contribution in [-0.4, -0.2) is 15.2 Å². The molecule has 0 spiro atoms. The van der Waals surface area contributed by atoms with Crippen LogP contribution in [0.1, 0.15) is 22.9 Å². The highest BCUT2D eigenvalue weighted by atomic mass is 16.5. The normalized spacial score (nSPS) is 14.3. The molecule has 0 fully saturated rings. The largest absolute Gasteiger partial charge is 0.508 e. The molecule has 0 aliphatic heterocycles. The van der Waals surface area contributed by atoms with Gasteiger partial charge in [0.2, 0.25) is 11.7 Å². The molecule has 0 unspecified atom stereocenters. The highest BCUT2D eigenvalue weighted by molar-refractivity contribution is 5.55. The summed E-state index contributed by atoms with van der Waals surface area (Å²) in [4.78, 5) is 4.52. The van der Waals surface area contributed by atoms with Crippen molar-refractivity contribution in [2.45, 2.75) is 18.8 Å². The molecule has 4 heteroatoms. The van der Waals surface area contributed by atoms with Crippen LogP contribution in [0.5, 0.6) is 5.75 Å². The van der Waals surface area contributed by atoms with Crippen LogP contribution in [0.3, 0.4) is 0 Å². The maximum Gasteiger partial charge on any atom is 0.230 e. The van der Waals surface area contributed by atoms with Gasteiger partial charge in [-0.3, -0.25) is 0 Å². The predicted molar refractivity (Wildman–Crippen MR) is 78.0 cm³/mol. The summed E-state index contributed by atoms with van der Waals surface area (Å²) in [5, 5.41) is 13.4. The summed E-state index contributed by atoms with van der Waals surface area (Å²) in [6.45, 7) is 0. The molecular weight excluding hydrogens is 264 g/mol. The molecule has 0 radical (unpaired) electrons. The molecular formula is C17H14N2O2. The van der Waals surface area contributed by atoms with Gasteiger partial charge in [0.25, 0.3) is 0 Å². The van der Waals surface area contributed by atoms with Crippen LogP contribution in [0, 0.1) is 0 Å². The molecule has 0 amide bonds. The van der Waals surface area contributed by atoms with Crippen molar-refractivity contribution in [2.75, 3.05) is 0 Å². The fourth-order valence-corrected chi connectivity index (χ4v) is 2.86. The van der Waals surface area contributed by atoms with Gasteiger partial charge >= 0.3 is 0 Å². The number of hydrogen-bond donors (Lipinski definition) is 1. The van der Waals surface area contributed by atoms with Crippen molar-refractivity contribution in [3.05, 3.63) is 65.5 Å². The van der Waals surface area contributed by atoms with Gasteiger partial charge < -0.3 is 9.63 Å². The molecule has 0 atom stereocenters. The Hall–Kier alpha value is -2.62. The predicted octanol–water partition coefficient (Wildman–Crippen LogP) is 3.32. The van der Waals surface area contributed by atoms with E-state index in [1.807, 2.05) is 0 Å². The molecule has 1 aromatic heterocycles. The lowest BCUT2D eigenvalue weighted by Crippen LogP contribution is -1.98. The number of aromatic hydroxyl groups is 1. The van der Waals surface area contributed by atoms with Gasteiger partial charge in [0.1, 0.15) is 5.75 Å². The molecule has 4 rings (SSSR count). The van der Waals surface area contributed by atoms with E-state index in [-0.39, 0.29) is 11.7 Å². The van der Waals surface area contributed by atoms with Crippen LogP contribution in [-0.2, 0) is 12.8 Å². The molecule has 104 valence electrons. The maximum absolute atomic E-state index is 9.32. The van der Waals surface area contributed by atoms with E-state index in [9.17, 15) is 5.11 Å².